The second-order valence-electron chi connectivity index (χ2n) is 6.23. The molecule has 28 heavy (non-hydrogen) atoms. The van der Waals surface area contributed by atoms with Crippen LogP contribution in [-0.4, -0.2) is 34.9 Å². The largest absolute Gasteiger partial charge is 0.383 e. The molecule has 1 aromatic heterocycles. The van der Waals surface area contributed by atoms with Crippen molar-refractivity contribution < 1.29 is 9.53 Å². The third-order valence-corrected chi connectivity index (χ3v) is 5.29. The van der Waals surface area contributed by atoms with Gasteiger partial charge >= 0.3 is 0 Å². The van der Waals surface area contributed by atoms with Crippen LogP contribution >= 0.6 is 23.4 Å². The smallest absolute Gasteiger partial charge is 0.262 e. The van der Waals surface area contributed by atoms with Gasteiger partial charge in [0.2, 0.25) is 5.91 Å². The highest BCUT2D eigenvalue weighted by molar-refractivity contribution is 7.99. The predicted molar refractivity (Wildman–Crippen MR) is 113 cm³/mol. The third-order valence-electron chi connectivity index (χ3n) is 4.08. The molecule has 3 rings (SSSR count). The molecule has 1 unspecified atom stereocenters. The van der Waals surface area contributed by atoms with Crippen LogP contribution in [0.25, 0.3) is 10.9 Å². The van der Waals surface area contributed by atoms with Gasteiger partial charge in [0.25, 0.3) is 5.56 Å². The molecule has 0 saturated heterocycles. The van der Waals surface area contributed by atoms with Crippen LogP contribution in [0.5, 0.6) is 0 Å². The number of amides is 1. The Morgan fingerprint density at radius 3 is 2.68 bits per heavy atom. The van der Waals surface area contributed by atoms with Gasteiger partial charge in [-0.1, -0.05) is 35.5 Å². The highest BCUT2D eigenvalue weighted by Crippen LogP contribution is 2.22. The van der Waals surface area contributed by atoms with Gasteiger partial charge < -0.3 is 10.1 Å². The highest BCUT2D eigenvalue weighted by Gasteiger charge is 2.17. The number of aromatic nitrogens is 2. The summed E-state index contributed by atoms with van der Waals surface area (Å²) in [4.78, 5) is 29.9. The summed E-state index contributed by atoms with van der Waals surface area (Å²) in [7, 11) is 1.59. The molecule has 1 N–H and O–H groups in total. The molecule has 1 heterocycles. The average molecular weight is 418 g/mol. The van der Waals surface area contributed by atoms with Gasteiger partial charge in [0.15, 0.2) is 5.16 Å². The van der Waals surface area contributed by atoms with Crippen molar-refractivity contribution in [3.63, 3.8) is 0 Å². The molecule has 0 fully saturated rings. The number of ether oxygens (including phenoxy) is 1. The topological polar surface area (TPSA) is 73.2 Å². The van der Waals surface area contributed by atoms with E-state index in [-0.39, 0.29) is 23.3 Å². The van der Waals surface area contributed by atoms with Crippen molar-refractivity contribution in [1.29, 1.82) is 0 Å². The Balaban J connectivity index is 1.84. The van der Waals surface area contributed by atoms with Crippen LogP contribution < -0.4 is 10.9 Å². The standard InChI is InChI=1S/C20H20ClN3O3S/c1-13(11-27-2)24-19(26)16-5-3-4-6-17(16)23-20(24)28-12-18(25)22-15-9-7-14(21)8-10-15/h3-10,13H,11-12H2,1-2H3,(H,22,25). The SMILES string of the molecule is COCC(C)n1c(SCC(=O)Nc2ccc(Cl)cc2)nc2ccccc2c1=O. The minimum atomic E-state index is -0.212. The molecule has 146 valence electrons. The van der Waals surface area contributed by atoms with Crippen LogP contribution in [0.3, 0.4) is 0 Å². The van der Waals surface area contributed by atoms with Crippen LogP contribution in [0.1, 0.15) is 13.0 Å². The van der Waals surface area contributed by atoms with Crippen LogP contribution in [0.2, 0.25) is 5.02 Å². The van der Waals surface area contributed by atoms with Gasteiger partial charge in [-0.05, 0) is 43.3 Å². The number of hydrogen-bond acceptors (Lipinski definition) is 5. The molecule has 0 spiro atoms. The van der Waals surface area contributed by atoms with Crippen molar-refractivity contribution in [2.75, 3.05) is 24.8 Å². The molecule has 0 saturated carbocycles. The van der Waals surface area contributed by atoms with Crippen LogP contribution in [0.15, 0.2) is 58.5 Å². The second kappa shape index (κ2) is 9.23. The second-order valence-corrected chi connectivity index (χ2v) is 7.61. The summed E-state index contributed by atoms with van der Waals surface area (Å²) in [5.74, 6) is -0.0757. The summed E-state index contributed by atoms with van der Waals surface area (Å²) in [6, 6.07) is 13.9. The van der Waals surface area contributed by atoms with Crippen LogP contribution in [-0.2, 0) is 9.53 Å². The number of rotatable bonds is 7. The van der Waals surface area contributed by atoms with E-state index in [0.717, 1.165) is 0 Å². The van der Waals surface area contributed by atoms with E-state index in [4.69, 9.17) is 16.3 Å². The lowest BCUT2D eigenvalue weighted by Crippen LogP contribution is -2.29. The Bertz CT molecular complexity index is 1040. The van der Waals surface area contributed by atoms with Crippen molar-refractivity contribution in [2.45, 2.75) is 18.1 Å². The van der Waals surface area contributed by atoms with Crippen molar-refractivity contribution in [3.05, 3.63) is 63.9 Å². The summed E-state index contributed by atoms with van der Waals surface area (Å²) >= 11 is 7.08. The van der Waals surface area contributed by atoms with E-state index in [9.17, 15) is 9.59 Å². The molecule has 0 aliphatic heterocycles. The van der Waals surface area contributed by atoms with E-state index in [0.29, 0.717) is 33.4 Å². The average Bonchev–Trinajstić information content (AvgIpc) is 2.68. The van der Waals surface area contributed by atoms with E-state index < -0.39 is 0 Å². The van der Waals surface area contributed by atoms with Gasteiger partial charge in [0.05, 0.1) is 29.3 Å². The van der Waals surface area contributed by atoms with Gasteiger partial charge in [-0.25, -0.2) is 4.98 Å². The molecule has 8 heteroatoms. The number of fused-ring (bicyclic) bond motifs is 1. The number of anilines is 1. The van der Waals surface area contributed by atoms with Gasteiger partial charge in [-0.3, -0.25) is 14.2 Å². The van der Waals surface area contributed by atoms with Gasteiger partial charge in [0.1, 0.15) is 0 Å². The number of thioether (sulfide) groups is 1. The predicted octanol–water partition coefficient (Wildman–Crippen LogP) is 3.99. The first-order valence-corrected chi connectivity index (χ1v) is 10.0. The minimum absolute atomic E-state index is 0.118. The maximum absolute atomic E-state index is 13.0. The Morgan fingerprint density at radius 2 is 1.96 bits per heavy atom. The normalized spacial score (nSPS) is 12.1. The molecular weight excluding hydrogens is 398 g/mol. The number of carbonyl (C=O) groups excluding carboxylic acids is 1. The van der Waals surface area contributed by atoms with E-state index in [2.05, 4.69) is 10.3 Å². The maximum Gasteiger partial charge on any atom is 0.262 e. The maximum atomic E-state index is 13.0. The first-order valence-electron chi connectivity index (χ1n) is 8.68. The first-order chi connectivity index (χ1) is 13.5. The summed E-state index contributed by atoms with van der Waals surface area (Å²) in [5.41, 5.74) is 1.12. The highest BCUT2D eigenvalue weighted by atomic mass is 35.5. The zero-order chi connectivity index (χ0) is 20.1. The monoisotopic (exact) mass is 417 g/mol. The molecular formula is C20H20ClN3O3S. The number of benzene rings is 2. The molecule has 3 aromatic rings. The Hall–Kier alpha value is -2.35. The van der Waals surface area contributed by atoms with Crippen LogP contribution in [0.4, 0.5) is 5.69 Å². The lowest BCUT2D eigenvalue weighted by Gasteiger charge is -2.18. The fraction of sp³-hybridized carbons (Fsp3) is 0.250. The summed E-state index contributed by atoms with van der Waals surface area (Å²) in [6.07, 6.45) is 0. The molecule has 0 aliphatic carbocycles. The van der Waals surface area contributed by atoms with E-state index in [1.165, 1.54) is 11.8 Å². The molecule has 6 nitrogen and oxygen atoms in total. The number of methoxy groups -OCH3 is 1. The number of halogens is 1. The zero-order valence-corrected chi connectivity index (χ0v) is 17.1. The summed E-state index contributed by atoms with van der Waals surface area (Å²) in [6.45, 7) is 2.25. The fourth-order valence-corrected chi connectivity index (χ4v) is 3.82. The molecule has 0 radical (unpaired) electrons. The van der Waals surface area contributed by atoms with Gasteiger partial charge in [-0.2, -0.15) is 0 Å². The number of carbonyl (C=O) groups is 1. The molecule has 0 aliphatic rings. The lowest BCUT2D eigenvalue weighted by molar-refractivity contribution is -0.113. The zero-order valence-electron chi connectivity index (χ0n) is 15.5. The Labute approximate surface area is 171 Å². The minimum Gasteiger partial charge on any atom is -0.383 e. The lowest BCUT2D eigenvalue weighted by atomic mass is 10.2. The Morgan fingerprint density at radius 1 is 1.25 bits per heavy atom. The molecule has 1 atom stereocenters. The van der Waals surface area contributed by atoms with E-state index >= 15 is 0 Å². The van der Waals surface area contributed by atoms with E-state index in [1.807, 2.05) is 19.1 Å². The Kier molecular flexibility index (Phi) is 6.72. The molecule has 0 bridgehead atoms. The van der Waals surface area contributed by atoms with Crippen LogP contribution in [0, 0.1) is 0 Å². The van der Waals surface area contributed by atoms with Crippen molar-refractivity contribution in [2.24, 2.45) is 0 Å². The first kappa shape index (κ1) is 20.4. The van der Waals surface area contributed by atoms with Gasteiger partial charge in [0, 0.05) is 17.8 Å². The number of hydrogen-bond donors (Lipinski definition) is 1. The number of nitrogens with one attached hydrogen (secondary N) is 1. The number of para-hydroxylation sites is 1. The molecule has 2 aromatic carbocycles. The summed E-state index contributed by atoms with van der Waals surface area (Å²) < 4.78 is 6.80. The quantitative estimate of drug-likeness (QED) is 0.465. The number of nitrogens with zero attached hydrogens (tertiary/aromatic N) is 2. The molecule has 1 amide bonds. The van der Waals surface area contributed by atoms with Gasteiger partial charge in [-0.15, -0.1) is 0 Å². The van der Waals surface area contributed by atoms with Crippen molar-refractivity contribution >= 4 is 45.9 Å². The summed E-state index contributed by atoms with van der Waals surface area (Å²) in [5, 5.41) is 4.44. The third kappa shape index (κ3) is 4.73. The van der Waals surface area contributed by atoms with E-state index in [1.54, 1.807) is 48.1 Å². The van der Waals surface area contributed by atoms with Crippen molar-refractivity contribution in [1.82, 2.24) is 9.55 Å². The fourth-order valence-electron chi connectivity index (χ4n) is 2.79. The van der Waals surface area contributed by atoms with Crippen molar-refractivity contribution in [3.8, 4) is 0 Å².